The fourth-order valence-electron chi connectivity index (χ4n) is 3.78. The number of aromatic nitrogens is 2. The summed E-state index contributed by atoms with van der Waals surface area (Å²) in [5.41, 5.74) is 2.40. The fourth-order valence-corrected chi connectivity index (χ4v) is 4.75. The number of nitrogens with zero attached hydrogens (tertiary/aromatic N) is 4. The number of hydrogen-bond acceptors (Lipinski definition) is 7. The van der Waals surface area contributed by atoms with Gasteiger partial charge in [0, 0.05) is 12.1 Å². The third-order valence-electron chi connectivity index (χ3n) is 5.35. The highest BCUT2D eigenvalue weighted by Crippen LogP contribution is 2.35. The monoisotopic (exact) mass is 460 g/mol. The van der Waals surface area contributed by atoms with Crippen molar-refractivity contribution >= 4 is 40.3 Å². The van der Waals surface area contributed by atoms with E-state index in [4.69, 9.17) is 4.74 Å². The lowest BCUT2D eigenvalue weighted by Crippen LogP contribution is -2.29. The van der Waals surface area contributed by atoms with Crippen LogP contribution in [0.15, 0.2) is 71.9 Å². The first kappa shape index (κ1) is 20.7. The molecule has 2 amide bonds. The molecule has 0 aliphatic carbocycles. The Kier molecular flexibility index (Phi) is 5.06. The summed E-state index contributed by atoms with van der Waals surface area (Å²) in [4.78, 5) is 42.0. The number of imidazole rings is 1. The second kappa shape index (κ2) is 8.06. The lowest BCUT2D eigenvalue weighted by molar-refractivity contribution is -0.384. The number of benzene rings is 3. The van der Waals surface area contributed by atoms with Crippen LogP contribution in [0.5, 0.6) is 5.75 Å². The zero-order chi connectivity index (χ0) is 23.1. The number of methoxy groups -OCH3 is 1. The van der Waals surface area contributed by atoms with Crippen LogP contribution in [0.2, 0.25) is 0 Å². The first-order valence-electron chi connectivity index (χ1n) is 9.88. The van der Waals surface area contributed by atoms with Gasteiger partial charge < -0.3 is 4.74 Å². The number of ether oxygens (including phenoxy) is 1. The third kappa shape index (κ3) is 3.40. The molecule has 164 valence electrons. The van der Waals surface area contributed by atoms with E-state index in [1.54, 1.807) is 48.1 Å². The van der Waals surface area contributed by atoms with E-state index in [0.29, 0.717) is 38.8 Å². The largest absolute Gasteiger partial charge is 0.495 e. The van der Waals surface area contributed by atoms with Gasteiger partial charge in [0.05, 0.1) is 45.8 Å². The van der Waals surface area contributed by atoms with Crippen LogP contribution in [-0.4, -0.2) is 44.2 Å². The van der Waals surface area contributed by atoms with Crippen molar-refractivity contribution in [3.63, 3.8) is 0 Å². The number of nitro benzene ring substituents is 1. The number of para-hydroxylation sites is 2. The van der Waals surface area contributed by atoms with Crippen LogP contribution < -0.4 is 4.74 Å². The summed E-state index contributed by atoms with van der Waals surface area (Å²) in [6, 6.07) is 18.4. The number of carbonyl (C=O) groups is 2. The average molecular weight is 460 g/mol. The SMILES string of the molecule is COc1ccccc1-n1c(SCN2C(=O)c3ccccc3C2=O)nc2cc([N+](=O)[O-])ccc21. The average Bonchev–Trinajstić information content (AvgIpc) is 3.31. The predicted octanol–water partition coefficient (Wildman–Crippen LogP) is 4.29. The van der Waals surface area contributed by atoms with Crippen molar-refractivity contribution in [2.45, 2.75) is 5.16 Å². The summed E-state index contributed by atoms with van der Waals surface area (Å²) in [5.74, 6) is -0.109. The Labute approximate surface area is 191 Å². The van der Waals surface area contributed by atoms with E-state index in [1.807, 2.05) is 18.2 Å². The highest BCUT2D eigenvalue weighted by molar-refractivity contribution is 7.99. The molecule has 33 heavy (non-hydrogen) atoms. The van der Waals surface area contributed by atoms with Gasteiger partial charge >= 0.3 is 0 Å². The zero-order valence-corrected chi connectivity index (χ0v) is 18.1. The number of amides is 2. The molecule has 0 radical (unpaired) electrons. The van der Waals surface area contributed by atoms with Crippen LogP contribution in [0, 0.1) is 10.1 Å². The Hall–Kier alpha value is -4.18. The van der Waals surface area contributed by atoms with Crippen molar-refractivity contribution in [3.8, 4) is 11.4 Å². The summed E-state index contributed by atoms with van der Waals surface area (Å²) in [5, 5.41) is 11.7. The highest BCUT2D eigenvalue weighted by Gasteiger charge is 2.35. The topological polar surface area (TPSA) is 108 Å². The van der Waals surface area contributed by atoms with E-state index in [0.717, 1.165) is 0 Å². The highest BCUT2D eigenvalue weighted by atomic mass is 32.2. The summed E-state index contributed by atoms with van der Waals surface area (Å²) < 4.78 is 7.31. The van der Waals surface area contributed by atoms with E-state index < -0.39 is 4.92 Å². The molecule has 1 aliphatic heterocycles. The molecule has 0 unspecified atom stereocenters. The van der Waals surface area contributed by atoms with Gasteiger partial charge in [-0.25, -0.2) is 4.98 Å². The lowest BCUT2D eigenvalue weighted by atomic mass is 10.1. The Morgan fingerprint density at radius 3 is 2.33 bits per heavy atom. The van der Waals surface area contributed by atoms with E-state index in [1.165, 1.54) is 28.8 Å². The smallest absolute Gasteiger partial charge is 0.271 e. The van der Waals surface area contributed by atoms with Gasteiger partial charge in [0.2, 0.25) is 0 Å². The number of non-ortho nitro benzene ring substituents is 1. The molecular weight excluding hydrogens is 444 g/mol. The van der Waals surface area contributed by atoms with Gasteiger partial charge in [-0.15, -0.1) is 0 Å². The Bertz CT molecular complexity index is 1410. The summed E-state index contributed by atoms with van der Waals surface area (Å²) >= 11 is 1.19. The molecule has 0 N–H and O–H groups in total. The van der Waals surface area contributed by atoms with E-state index in [2.05, 4.69) is 4.98 Å². The minimum absolute atomic E-state index is 0.0346. The van der Waals surface area contributed by atoms with Crippen LogP contribution >= 0.6 is 11.8 Å². The minimum atomic E-state index is -0.479. The van der Waals surface area contributed by atoms with Crippen molar-refractivity contribution in [3.05, 3.63) is 88.0 Å². The normalized spacial score (nSPS) is 12.9. The van der Waals surface area contributed by atoms with Crippen molar-refractivity contribution in [1.82, 2.24) is 14.5 Å². The van der Waals surface area contributed by atoms with Crippen molar-refractivity contribution in [1.29, 1.82) is 0 Å². The predicted molar refractivity (Wildman–Crippen MR) is 122 cm³/mol. The molecule has 0 fully saturated rings. The molecule has 0 spiro atoms. The number of hydrogen-bond donors (Lipinski definition) is 0. The van der Waals surface area contributed by atoms with Crippen LogP contribution in [-0.2, 0) is 0 Å². The molecule has 0 saturated carbocycles. The van der Waals surface area contributed by atoms with Crippen molar-refractivity contribution in [2.75, 3.05) is 13.0 Å². The summed E-state index contributed by atoms with van der Waals surface area (Å²) in [7, 11) is 1.55. The molecule has 3 aromatic carbocycles. The number of nitro groups is 1. The molecule has 5 rings (SSSR count). The van der Waals surface area contributed by atoms with Gasteiger partial charge in [-0.2, -0.15) is 0 Å². The second-order valence-corrected chi connectivity index (χ2v) is 8.10. The Morgan fingerprint density at radius 1 is 1.00 bits per heavy atom. The summed E-state index contributed by atoms with van der Waals surface area (Å²) in [6.07, 6.45) is 0. The molecule has 10 heteroatoms. The minimum Gasteiger partial charge on any atom is -0.495 e. The molecule has 9 nitrogen and oxygen atoms in total. The van der Waals surface area contributed by atoms with Crippen LogP contribution in [0.25, 0.3) is 16.7 Å². The van der Waals surface area contributed by atoms with Crippen molar-refractivity contribution < 1.29 is 19.2 Å². The maximum absolute atomic E-state index is 12.7. The molecular formula is C23H16N4O5S. The molecule has 1 aromatic heterocycles. The second-order valence-electron chi connectivity index (χ2n) is 7.19. The number of thioether (sulfide) groups is 1. The molecule has 0 atom stereocenters. The quantitative estimate of drug-likeness (QED) is 0.183. The fraction of sp³-hybridized carbons (Fsp3) is 0.0870. The van der Waals surface area contributed by atoms with Gasteiger partial charge in [-0.3, -0.25) is 29.2 Å². The van der Waals surface area contributed by atoms with Crippen molar-refractivity contribution in [2.24, 2.45) is 0 Å². The number of carbonyl (C=O) groups excluding carboxylic acids is 2. The number of imide groups is 1. The maximum atomic E-state index is 12.7. The Balaban J connectivity index is 1.57. The first-order chi connectivity index (χ1) is 16.0. The number of fused-ring (bicyclic) bond motifs is 2. The van der Waals surface area contributed by atoms with Gasteiger partial charge in [-0.1, -0.05) is 36.0 Å². The van der Waals surface area contributed by atoms with E-state index in [-0.39, 0.29) is 23.4 Å². The zero-order valence-electron chi connectivity index (χ0n) is 17.3. The first-order valence-corrected chi connectivity index (χ1v) is 10.9. The molecule has 1 aliphatic rings. The van der Waals surface area contributed by atoms with Crippen LogP contribution in [0.4, 0.5) is 5.69 Å². The Morgan fingerprint density at radius 2 is 1.67 bits per heavy atom. The molecule has 2 heterocycles. The van der Waals surface area contributed by atoms with E-state index >= 15 is 0 Å². The van der Waals surface area contributed by atoms with Gasteiger partial charge in [0.1, 0.15) is 5.75 Å². The van der Waals surface area contributed by atoms with Gasteiger partial charge in [-0.05, 0) is 30.3 Å². The molecule has 0 bridgehead atoms. The van der Waals surface area contributed by atoms with Crippen LogP contribution in [0.1, 0.15) is 20.7 Å². The third-order valence-corrected chi connectivity index (χ3v) is 6.26. The van der Waals surface area contributed by atoms with Crippen LogP contribution in [0.3, 0.4) is 0 Å². The molecule has 4 aromatic rings. The van der Waals surface area contributed by atoms with Gasteiger partial charge in [0.15, 0.2) is 5.16 Å². The molecule has 0 saturated heterocycles. The maximum Gasteiger partial charge on any atom is 0.271 e. The standard InChI is InChI=1S/C23H16N4O5S/c1-32-20-9-5-4-8-19(20)26-18-11-10-14(27(30)31)12-17(18)24-23(26)33-13-25-21(28)15-6-2-3-7-16(15)22(25)29/h2-12H,13H2,1H3. The summed E-state index contributed by atoms with van der Waals surface area (Å²) in [6.45, 7) is 0. The van der Waals surface area contributed by atoms with E-state index in [9.17, 15) is 19.7 Å². The lowest BCUT2D eigenvalue weighted by Gasteiger charge is -2.15. The number of rotatable bonds is 6. The van der Waals surface area contributed by atoms with Gasteiger partial charge in [0.25, 0.3) is 17.5 Å².